The SMILES string of the molecule is COc1ccc(N(Cc2cnccc2C)C2CCN([C@H](C)CCNC(=O)c3c(C)cc(Cl)nc3C)CC2)cn1. The zero-order valence-corrected chi connectivity index (χ0v) is 24.3. The van der Waals surface area contributed by atoms with Gasteiger partial charge in [-0.25, -0.2) is 9.97 Å². The number of nitrogens with zero attached hydrogens (tertiary/aromatic N) is 5. The topological polar surface area (TPSA) is 83.5 Å². The van der Waals surface area contributed by atoms with Gasteiger partial charge in [0.25, 0.3) is 5.91 Å². The summed E-state index contributed by atoms with van der Waals surface area (Å²) in [5, 5.41) is 3.49. The highest BCUT2D eigenvalue weighted by atomic mass is 35.5. The van der Waals surface area contributed by atoms with Crippen molar-refractivity contribution in [3.8, 4) is 5.88 Å². The fourth-order valence-electron chi connectivity index (χ4n) is 5.37. The van der Waals surface area contributed by atoms with Crippen molar-refractivity contribution in [2.45, 2.75) is 65.6 Å². The Balaban J connectivity index is 1.34. The number of methoxy groups -OCH3 is 1. The lowest BCUT2D eigenvalue weighted by Gasteiger charge is -2.42. The molecule has 8 nitrogen and oxygen atoms in total. The van der Waals surface area contributed by atoms with E-state index in [2.05, 4.69) is 56.0 Å². The van der Waals surface area contributed by atoms with Crippen molar-refractivity contribution in [3.63, 3.8) is 0 Å². The van der Waals surface area contributed by atoms with E-state index in [0.717, 1.165) is 50.1 Å². The number of anilines is 1. The monoisotopic (exact) mass is 550 g/mol. The van der Waals surface area contributed by atoms with E-state index in [0.29, 0.717) is 40.9 Å². The van der Waals surface area contributed by atoms with Gasteiger partial charge in [0.15, 0.2) is 0 Å². The summed E-state index contributed by atoms with van der Waals surface area (Å²) in [7, 11) is 1.64. The van der Waals surface area contributed by atoms with Gasteiger partial charge in [0, 0.05) is 56.7 Å². The van der Waals surface area contributed by atoms with Gasteiger partial charge >= 0.3 is 0 Å². The number of halogens is 1. The van der Waals surface area contributed by atoms with Gasteiger partial charge in [0.05, 0.1) is 30.3 Å². The van der Waals surface area contributed by atoms with Crippen LogP contribution in [0.5, 0.6) is 5.88 Å². The van der Waals surface area contributed by atoms with Gasteiger partial charge in [-0.05, 0) is 81.8 Å². The van der Waals surface area contributed by atoms with Crippen molar-refractivity contribution < 1.29 is 9.53 Å². The third-order valence-corrected chi connectivity index (χ3v) is 7.95. The van der Waals surface area contributed by atoms with Crippen LogP contribution < -0.4 is 15.0 Å². The molecule has 1 fully saturated rings. The van der Waals surface area contributed by atoms with Crippen LogP contribution in [0.4, 0.5) is 5.69 Å². The summed E-state index contributed by atoms with van der Waals surface area (Å²) >= 11 is 6.02. The normalized spacial score (nSPS) is 15.1. The zero-order valence-electron chi connectivity index (χ0n) is 23.6. The summed E-state index contributed by atoms with van der Waals surface area (Å²) in [6.45, 7) is 11.5. The molecule has 1 amide bonds. The number of aryl methyl sites for hydroxylation is 3. The molecule has 1 saturated heterocycles. The van der Waals surface area contributed by atoms with Crippen molar-refractivity contribution >= 4 is 23.2 Å². The third kappa shape index (κ3) is 7.25. The molecule has 0 spiro atoms. The first-order valence-corrected chi connectivity index (χ1v) is 14.0. The van der Waals surface area contributed by atoms with Crippen molar-refractivity contribution in [2.75, 3.05) is 31.6 Å². The molecule has 0 aromatic carbocycles. The molecule has 0 radical (unpaired) electrons. The number of hydrogen-bond acceptors (Lipinski definition) is 7. The molecule has 0 unspecified atom stereocenters. The van der Waals surface area contributed by atoms with Crippen LogP contribution in [-0.4, -0.2) is 64.6 Å². The second-order valence-corrected chi connectivity index (χ2v) is 10.8. The zero-order chi connectivity index (χ0) is 27.9. The van der Waals surface area contributed by atoms with Gasteiger partial charge in [-0.3, -0.25) is 9.78 Å². The first-order valence-electron chi connectivity index (χ1n) is 13.6. The molecule has 0 bridgehead atoms. The highest BCUT2D eigenvalue weighted by molar-refractivity contribution is 6.29. The maximum absolute atomic E-state index is 12.8. The molecule has 0 aliphatic carbocycles. The molecular weight excluding hydrogens is 512 g/mol. The van der Waals surface area contributed by atoms with E-state index < -0.39 is 0 Å². The number of likely N-dealkylation sites (tertiary alicyclic amines) is 1. The van der Waals surface area contributed by atoms with Crippen LogP contribution in [-0.2, 0) is 6.54 Å². The minimum Gasteiger partial charge on any atom is -0.481 e. The molecule has 1 N–H and O–H groups in total. The standard InChI is InChI=1S/C30H39ClN6O2/c1-20-8-12-32-17-24(20)19-37(26-6-7-28(39-5)34-18-26)25-10-14-36(15-11-25)22(3)9-13-33-30(38)29-21(2)16-27(31)35-23(29)4/h6-8,12,16-18,22,25H,9-11,13-15,19H2,1-5H3,(H,33,38)/t22-/m1/s1. The highest BCUT2D eigenvalue weighted by Crippen LogP contribution is 2.28. The molecule has 0 saturated carbocycles. The summed E-state index contributed by atoms with van der Waals surface area (Å²) < 4.78 is 5.28. The Hall–Kier alpha value is -3.23. The van der Waals surface area contributed by atoms with Crippen LogP contribution in [0.25, 0.3) is 0 Å². The molecule has 3 aromatic rings. The molecule has 3 aromatic heterocycles. The van der Waals surface area contributed by atoms with E-state index in [4.69, 9.17) is 16.3 Å². The molecule has 39 heavy (non-hydrogen) atoms. The average Bonchev–Trinajstić information content (AvgIpc) is 2.92. The Kier molecular flexibility index (Phi) is 9.75. The van der Waals surface area contributed by atoms with E-state index >= 15 is 0 Å². The van der Waals surface area contributed by atoms with Crippen molar-refractivity contribution in [3.05, 3.63) is 76.0 Å². The summed E-state index contributed by atoms with van der Waals surface area (Å²) in [5.74, 6) is 0.527. The molecule has 4 rings (SSSR count). The third-order valence-electron chi connectivity index (χ3n) is 7.75. The maximum atomic E-state index is 12.8. The van der Waals surface area contributed by atoms with Crippen LogP contribution in [0.3, 0.4) is 0 Å². The summed E-state index contributed by atoms with van der Waals surface area (Å²) in [4.78, 5) is 30.9. The Bertz CT molecular complexity index is 1240. The summed E-state index contributed by atoms with van der Waals surface area (Å²) in [6, 6.07) is 8.58. The molecule has 1 aliphatic rings. The fraction of sp³-hybridized carbons (Fsp3) is 0.467. The number of nitrogens with one attached hydrogen (secondary N) is 1. The molecule has 1 atom stereocenters. The lowest BCUT2D eigenvalue weighted by molar-refractivity contribution is 0.0943. The number of ether oxygens (including phenoxy) is 1. The van der Waals surface area contributed by atoms with E-state index in [-0.39, 0.29) is 5.91 Å². The van der Waals surface area contributed by atoms with Crippen molar-refractivity contribution in [2.24, 2.45) is 0 Å². The first kappa shape index (κ1) is 28.8. The molecule has 9 heteroatoms. The van der Waals surface area contributed by atoms with Gasteiger partial charge < -0.3 is 19.9 Å². The Morgan fingerprint density at radius 3 is 2.59 bits per heavy atom. The van der Waals surface area contributed by atoms with Gasteiger partial charge in [-0.1, -0.05) is 11.6 Å². The fourth-order valence-corrected chi connectivity index (χ4v) is 5.66. The highest BCUT2D eigenvalue weighted by Gasteiger charge is 2.28. The van der Waals surface area contributed by atoms with Crippen LogP contribution in [0.1, 0.15) is 58.9 Å². The smallest absolute Gasteiger partial charge is 0.253 e. The van der Waals surface area contributed by atoms with E-state index in [9.17, 15) is 4.79 Å². The first-order chi connectivity index (χ1) is 18.8. The maximum Gasteiger partial charge on any atom is 0.253 e. The minimum atomic E-state index is -0.0884. The van der Waals surface area contributed by atoms with Crippen LogP contribution >= 0.6 is 11.6 Å². The summed E-state index contributed by atoms with van der Waals surface area (Å²) in [5.41, 5.74) is 5.68. The number of pyridine rings is 3. The van der Waals surface area contributed by atoms with Gasteiger partial charge in [-0.2, -0.15) is 0 Å². The van der Waals surface area contributed by atoms with E-state index in [1.807, 2.05) is 38.5 Å². The van der Waals surface area contributed by atoms with Crippen molar-refractivity contribution in [1.29, 1.82) is 0 Å². The van der Waals surface area contributed by atoms with E-state index in [1.165, 1.54) is 11.1 Å². The molecule has 4 heterocycles. The number of rotatable bonds is 10. The number of carbonyl (C=O) groups excluding carboxylic acids is 1. The quantitative estimate of drug-likeness (QED) is 0.350. The number of amides is 1. The minimum absolute atomic E-state index is 0.0884. The lowest BCUT2D eigenvalue weighted by Crippen LogP contribution is -2.48. The summed E-state index contributed by atoms with van der Waals surface area (Å²) in [6.07, 6.45) is 8.70. The Morgan fingerprint density at radius 2 is 1.95 bits per heavy atom. The lowest BCUT2D eigenvalue weighted by atomic mass is 9.99. The largest absolute Gasteiger partial charge is 0.481 e. The van der Waals surface area contributed by atoms with Gasteiger partial charge in [-0.15, -0.1) is 0 Å². The predicted molar refractivity (Wildman–Crippen MR) is 156 cm³/mol. The Labute approximate surface area is 236 Å². The van der Waals surface area contributed by atoms with E-state index in [1.54, 1.807) is 13.2 Å². The number of carbonyl (C=O) groups is 1. The average molecular weight is 551 g/mol. The Morgan fingerprint density at radius 1 is 1.18 bits per heavy atom. The molecular formula is C30H39ClN6O2. The van der Waals surface area contributed by atoms with Crippen LogP contribution in [0, 0.1) is 20.8 Å². The number of hydrogen-bond donors (Lipinski definition) is 1. The predicted octanol–water partition coefficient (Wildman–Crippen LogP) is 5.14. The second kappa shape index (κ2) is 13.2. The van der Waals surface area contributed by atoms with Gasteiger partial charge in [0.1, 0.15) is 5.15 Å². The number of piperidine rings is 1. The number of aromatic nitrogens is 3. The molecule has 208 valence electrons. The van der Waals surface area contributed by atoms with Gasteiger partial charge in [0.2, 0.25) is 5.88 Å². The molecule has 1 aliphatic heterocycles. The van der Waals surface area contributed by atoms with Crippen LogP contribution in [0.15, 0.2) is 42.9 Å². The van der Waals surface area contributed by atoms with Crippen LogP contribution in [0.2, 0.25) is 5.15 Å². The second-order valence-electron chi connectivity index (χ2n) is 10.4. The van der Waals surface area contributed by atoms with Crippen molar-refractivity contribution in [1.82, 2.24) is 25.2 Å².